The summed E-state index contributed by atoms with van der Waals surface area (Å²) in [7, 11) is 1.82. The second-order valence-corrected chi connectivity index (χ2v) is 4.59. The zero-order valence-corrected chi connectivity index (χ0v) is 11.5. The first-order valence-corrected chi connectivity index (χ1v) is 6.41. The molecular weight excluding hydrogens is 283 g/mol. The largest absolute Gasteiger partial charge is 0.492 e. The van der Waals surface area contributed by atoms with Gasteiger partial charge in [0.25, 0.3) is 0 Å². The monoisotopic (exact) mass is 299 g/mol. The molecule has 0 saturated heterocycles. The summed E-state index contributed by atoms with van der Waals surface area (Å²) in [6, 6.07) is 3.87. The van der Waals surface area contributed by atoms with Crippen LogP contribution in [0.3, 0.4) is 0 Å². The number of aryl methyl sites for hydroxylation is 1. The summed E-state index contributed by atoms with van der Waals surface area (Å²) in [6.07, 6.45) is -0.637. The fourth-order valence-electron chi connectivity index (χ4n) is 1.94. The Morgan fingerprint density at radius 1 is 1.33 bits per heavy atom. The van der Waals surface area contributed by atoms with E-state index >= 15 is 0 Å². The number of alkyl halides is 3. The molecule has 2 rings (SSSR count). The van der Waals surface area contributed by atoms with Crippen LogP contribution >= 0.6 is 0 Å². The van der Waals surface area contributed by atoms with Gasteiger partial charge in [-0.05, 0) is 17.7 Å². The van der Waals surface area contributed by atoms with Gasteiger partial charge in [-0.15, -0.1) is 0 Å². The van der Waals surface area contributed by atoms with Gasteiger partial charge in [0.15, 0.2) is 0 Å². The number of nitrogens with two attached hydrogens (primary N) is 1. The Hall–Kier alpha value is -2.02. The molecule has 0 fully saturated rings. The number of ether oxygens (including phenoxy) is 1. The number of hydrogen-bond donors (Lipinski definition) is 1. The van der Waals surface area contributed by atoms with Crippen LogP contribution in [0.2, 0.25) is 0 Å². The van der Waals surface area contributed by atoms with Crippen molar-refractivity contribution < 1.29 is 17.9 Å². The van der Waals surface area contributed by atoms with Crippen molar-refractivity contribution >= 4 is 0 Å². The van der Waals surface area contributed by atoms with Gasteiger partial charge < -0.3 is 15.0 Å². The standard InChI is InChI=1S/C14H16F3N3O/c1-20-6-5-19-13(20)4-7-21-12-3-2-10(9-18)8-11(12)14(15,16)17/h2-3,5-6,8H,4,7,9,18H2,1H3. The minimum absolute atomic E-state index is 0.0522. The van der Waals surface area contributed by atoms with Gasteiger partial charge in [-0.1, -0.05) is 6.07 Å². The first-order valence-electron chi connectivity index (χ1n) is 6.41. The molecule has 1 aromatic carbocycles. The van der Waals surface area contributed by atoms with E-state index < -0.39 is 11.7 Å². The number of halogens is 3. The quantitative estimate of drug-likeness (QED) is 0.923. The van der Waals surface area contributed by atoms with E-state index in [2.05, 4.69) is 4.98 Å². The maximum atomic E-state index is 13.0. The minimum Gasteiger partial charge on any atom is -0.492 e. The molecule has 0 amide bonds. The van der Waals surface area contributed by atoms with Gasteiger partial charge in [-0.25, -0.2) is 4.98 Å². The van der Waals surface area contributed by atoms with E-state index in [1.54, 1.807) is 17.0 Å². The first-order chi connectivity index (χ1) is 9.91. The van der Waals surface area contributed by atoms with Gasteiger partial charge in [0, 0.05) is 32.4 Å². The Kier molecular flexibility index (Phi) is 4.52. The fraction of sp³-hybridized carbons (Fsp3) is 0.357. The molecule has 21 heavy (non-hydrogen) atoms. The molecule has 1 aromatic heterocycles. The van der Waals surface area contributed by atoms with Crippen molar-refractivity contribution in [3.63, 3.8) is 0 Å². The van der Waals surface area contributed by atoms with Crippen molar-refractivity contribution in [1.82, 2.24) is 9.55 Å². The van der Waals surface area contributed by atoms with E-state index in [4.69, 9.17) is 10.5 Å². The number of benzene rings is 1. The Morgan fingerprint density at radius 2 is 2.10 bits per heavy atom. The van der Waals surface area contributed by atoms with E-state index in [9.17, 15) is 13.2 Å². The first kappa shape index (κ1) is 15.4. The molecular formula is C14H16F3N3O. The van der Waals surface area contributed by atoms with Crippen molar-refractivity contribution in [2.24, 2.45) is 12.8 Å². The molecule has 0 bridgehead atoms. The molecule has 7 heteroatoms. The maximum Gasteiger partial charge on any atom is 0.419 e. The summed E-state index contributed by atoms with van der Waals surface area (Å²) in [5, 5.41) is 0. The summed E-state index contributed by atoms with van der Waals surface area (Å²) in [5.74, 6) is 0.566. The Labute approximate surface area is 120 Å². The third kappa shape index (κ3) is 3.75. The number of nitrogens with zero attached hydrogens (tertiary/aromatic N) is 2. The van der Waals surface area contributed by atoms with Crippen molar-refractivity contribution in [3.8, 4) is 5.75 Å². The van der Waals surface area contributed by atoms with Crippen LogP contribution in [0, 0.1) is 0 Å². The molecule has 0 aliphatic heterocycles. The second kappa shape index (κ2) is 6.17. The third-order valence-electron chi connectivity index (χ3n) is 3.09. The SMILES string of the molecule is Cn1ccnc1CCOc1ccc(CN)cc1C(F)(F)F. The maximum absolute atomic E-state index is 13.0. The predicted octanol–water partition coefficient (Wildman–Crippen LogP) is 2.52. The fourth-order valence-corrected chi connectivity index (χ4v) is 1.94. The summed E-state index contributed by atoms with van der Waals surface area (Å²) >= 11 is 0. The van der Waals surface area contributed by atoms with Crippen LogP contribution in [-0.4, -0.2) is 16.2 Å². The van der Waals surface area contributed by atoms with Gasteiger partial charge in [0.2, 0.25) is 0 Å². The Bertz CT molecular complexity index is 608. The number of hydrogen-bond acceptors (Lipinski definition) is 3. The van der Waals surface area contributed by atoms with Gasteiger partial charge >= 0.3 is 6.18 Å². The van der Waals surface area contributed by atoms with E-state index in [-0.39, 0.29) is 18.9 Å². The number of imidazole rings is 1. The molecule has 2 N–H and O–H groups in total. The highest BCUT2D eigenvalue weighted by Gasteiger charge is 2.34. The highest BCUT2D eigenvalue weighted by molar-refractivity contribution is 5.39. The van der Waals surface area contributed by atoms with Crippen LogP contribution in [0.1, 0.15) is 17.0 Å². The van der Waals surface area contributed by atoms with Crippen LogP contribution < -0.4 is 10.5 Å². The highest BCUT2D eigenvalue weighted by Crippen LogP contribution is 2.36. The molecule has 0 saturated carbocycles. The lowest BCUT2D eigenvalue weighted by molar-refractivity contribution is -0.139. The average molecular weight is 299 g/mol. The predicted molar refractivity (Wildman–Crippen MR) is 71.7 cm³/mol. The lowest BCUT2D eigenvalue weighted by atomic mass is 10.1. The zero-order chi connectivity index (χ0) is 15.5. The van der Waals surface area contributed by atoms with E-state index in [0.29, 0.717) is 12.0 Å². The smallest absolute Gasteiger partial charge is 0.419 e. The van der Waals surface area contributed by atoms with E-state index in [1.165, 1.54) is 12.1 Å². The summed E-state index contributed by atoms with van der Waals surface area (Å²) in [5.41, 5.74) is 4.99. The zero-order valence-electron chi connectivity index (χ0n) is 11.5. The van der Waals surface area contributed by atoms with Crippen LogP contribution in [0.5, 0.6) is 5.75 Å². The van der Waals surface area contributed by atoms with Crippen LogP contribution in [0.25, 0.3) is 0 Å². The summed E-state index contributed by atoms with van der Waals surface area (Å²) < 4.78 is 46.1. The molecule has 0 aliphatic rings. The van der Waals surface area contributed by atoms with Crippen molar-refractivity contribution in [2.75, 3.05) is 6.61 Å². The Morgan fingerprint density at radius 3 is 2.67 bits per heavy atom. The normalized spacial score (nSPS) is 11.7. The molecule has 0 unspecified atom stereocenters. The topological polar surface area (TPSA) is 53.1 Å². The van der Waals surface area contributed by atoms with Gasteiger partial charge in [-0.3, -0.25) is 0 Å². The van der Waals surface area contributed by atoms with E-state index in [1.807, 2.05) is 7.05 Å². The molecule has 2 aromatic rings. The van der Waals surface area contributed by atoms with E-state index in [0.717, 1.165) is 11.9 Å². The minimum atomic E-state index is -4.47. The van der Waals surface area contributed by atoms with Crippen LogP contribution in [0.15, 0.2) is 30.6 Å². The molecule has 114 valence electrons. The Balaban J connectivity index is 2.10. The van der Waals surface area contributed by atoms with Crippen LogP contribution in [0.4, 0.5) is 13.2 Å². The van der Waals surface area contributed by atoms with Gasteiger partial charge in [0.1, 0.15) is 11.6 Å². The van der Waals surface area contributed by atoms with Crippen molar-refractivity contribution in [3.05, 3.63) is 47.5 Å². The van der Waals surface area contributed by atoms with Crippen molar-refractivity contribution in [2.45, 2.75) is 19.1 Å². The van der Waals surface area contributed by atoms with Gasteiger partial charge in [0.05, 0.1) is 12.2 Å². The molecule has 4 nitrogen and oxygen atoms in total. The summed E-state index contributed by atoms with van der Waals surface area (Å²) in [4.78, 5) is 4.09. The molecule has 0 spiro atoms. The molecule has 0 atom stereocenters. The number of rotatable bonds is 5. The molecule has 0 radical (unpaired) electrons. The summed E-state index contributed by atoms with van der Waals surface area (Å²) in [6.45, 7) is 0.173. The lowest BCUT2D eigenvalue weighted by Gasteiger charge is -2.15. The van der Waals surface area contributed by atoms with Crippen molar-refractivity contribution in [1.29, 1.82) is 0 Å². The highest BCUT2D eigenvalue weighted by atomic mass is 19.4. The van der Waals surface area contributed by atoms with Crippen LogP contribution in [-0.2, 0) is 26.2 Å². The number of aromatic nitrogens is 2. The average Bonchev–Trinajstić information content (AvgIpc) is 2.83. The van der Waals surface area contributed by atoms with Gasteiger partial charge in [-0.2, -0.15) is 13.2 Å². The lowest BCUT2D eigenvalue weighted by Crippen LogP contribution is -2.12. The molecule has 1 heterocycles. The second-order valence-electron chi connectivity index (χ2n) is 4.59. The third-order valence-corrected chi connectivity index (χ3v) is 3.09. The molecule has 0 aliphatic carbocycles.